The molecule has 5 heteroatoms. The number of sulfone groups is 1. The van der Waals surface area contributed by atoms with Crippen LogP contribution in [0, 0.1) is 12.8 Å². The van der Waals surface area contributed by atoms with E-state index in [-0.39, 0.29) is 17.8 Å². The first-order chi connectivity index (χ1) is 8.84. The molecule has 1 aromatic rings. The molecule has 1 aromatic carbocycles. The van der Waals surface area contributed by atoms with Gasteiger partial charge in [0.15, 0.2) is 9.84 Å². The van der Waals surface area contributed by atoms with Crippen molar-refractivity contribution in [1.82, 2.24) is 0 Å². The highest BCUT2D eigenvalue weighted by molar-refractivity contribution is 7.90. The van der Waals surface area contributed by atoms with Gasteiger partial charge < -0.3 is 4.74 Å². The molecule has 0 saturated heterocycles. The van der Waals surface area contributed by atoms with Gasteiger partial charge in [-0.05, 0) is 43.4 Å². The Morgan fingerprint density at radius 1 is 1.42 bits per heavy atom. The summed E-state index contributed by atoms with van der Waals surface area (Å²) in [4.78, 5) is 11.9. The van der Waals surface area contributed by atoms with Gasteiger partial charge in [0.2, 0.25) is 0 Å². The molecule has 104 valence electrons. The van der Waals surface area contributed by atoms with Gasteiger partial charge in [0.05, 0.1) is 17.4 Å². The Bertz CT molecular complexity index is 604. The summed E-state index contributed by atoms with van der Waals surface area (Å²) in [6.45, 7) is 3.93. The molecule has 0 aliphatic heterocycles. The minimum absolute atomic E-state index is 0.0974. The first kappa shape index (κ1) is 14.1. The third-order valence-corrected chi connectivity index (χ3v) is 4.66. The molecule has 2 unspecified atom stereocenters. The lowest BCUT2D eigenvalue weighted by molar-refractivity contribution is -0.144. The summed E-state index contributed by atoms with van der Waals surface area (Å²) >= 11 is 0. The zero-order chi connectivity index (χ0) is 14.2. The van der Waals surface area contributed by atoms with E-state index in [1.165, 1.54) is 6.26 Å². The summed E-state index contributed by atoms with van der Waals surface area (Å²) in [6.07, 6.45) is 1.94. The van der Waals surface area contributed by atoms with Crippen LogP contribution >= 0.6 is 0 Å². The molecule has 0 spiro atoms. The molecule has 0 heterocycles. The number of ether oxygens (including phenoxy) is 1. The zero-order valence-electron chi connectivity index (χ0n) is 11.3. The number of aryl methyl sites for hydroxylation is 1. The van der Waals surface area contributed by atoms with Gasteiger partial charge in [0.25, 0.3) is 0 Å². The fraction of sp³-hybridized carbons (Fsp3) is 0.500. The van der Waals surface area contributed by atoms with Crippen molar-refractivity contribution < 1.29 is 17.9 Å². The van der Waals surface area contributed by atoms with Crippen molar-refractivity contribution in [2.24, 2.45) is 5.92 Å². The SMILES string of the molecule is CCOC(=O)C1CC1c1ccc(C)c(S(C)(=O)=O)c1. The number of hydrogen-bond acceptors (Lipinski definition) is 4. The van der Waals surface area contributed by atoms with Crippen molar-refractivity contribution in [3.63, 3.8) is 0 Å². The molecule has 1 aliphatic rings. The van der Waals surface area contributed by atoms with Crippen molar-refractivity contribution in [2.45, 2.75) is 31.1 Å². The second-order valence-electron chi connectivity index (χ2n) is 5.00. The van der Waals surface area contributed by atoms with E-state index in [2.05, 4.69) is 0 Å². The molecule has 4 nitrogen and oxygen atoms in total. The number of carbonyl (C=O) groups is 1. The number of benzene rings is 1. The highest BCUT2D eigenvalue weighted by Gasteiger charge is 2.45. The van der Waals surface area contributed by atoms with Crippen LogP contribution in [0.2, 0.25) is 0 Å². The summed E-state index contributed by atoms with van der Waals surface area (Å²) in [5.74, 6) is -0.204. The quantitative estimate of drug-likeness (QED) is 0.793. The molecule has 2 rings (SSSR count). The van der Waals surface area contributed by atoms with E-state index < -0.39 is 9.84 Å². The predicted octanol–water partition coefficient (Wildman–Crippen LogP) is 2.07. The van der Waals surface area contributed by atoms with Crippen molar-refractivity contribution in [1.29, 1.82) is 0 Å². The number of rotatable bonds is 4. The van der Waals surface area contributed by atoms with E-state index in [1.807, 2.05) is 6.07 Å². The normalized spacial score (nSPS) is 22.1. The third kappa shape index (κ3) is 2.97. The summed E-state index contributed by atoms with van der Waals surface area (Å²) in [7, 11) is -3.23. The smallest absolute Gasteiger partial charge is 0.309 e. The van der Waals surface area contributed by atoms with E-state index in [9.17, 15) is 13.2 Å². The fourth-order valence-electron chi connectivity index (χ4n) is 2.32. The highest BCUT2D eigenvalue weighted by atomic mass is 32.2. The molecule has 1 aliphatic carbocycles. The standard InChI is InChI=1S/C14H18O4S/c1-4-18-14(15)12-8-11(12)10-6-5-9(2)13(7-10)19(3,16)17/h5-7,11-12H,4,8H2,1-3H3. The first-order valence-corrected chi connectivity index (χ1v) is 8.21. The van der Waals surface area contributed by atoms with Gasteiger partial charge in [-0.15, -0.1) is 0 Å². The number of hydrogen-bond donors (Lipinski definition) is 0. The number of esters is 1. The Morgan fingerprint density at radius 3 is 2.68 bits per heavy atom. The molecule has 1 fully saturated rings. The lowest BCUT2D eigenvalue weighted by Crippen LogP contribution is -2.07. The lowest BCUT2D eigenvalue weighted by Gasteiger charge is -2.07. The first-order valence-electron chi connectivity index (χ1n) is 6.31. The van der Waals surface area contributed by atoms with E-state index in [1.54, 1.807) is 26.0 Å². The van der Waals surface area contributed by atoms with Crippen LogP contribution in [0.5, 0.6) is 0 Å². The molecule has 2 atom stereocenters. The Balaban J connectivity index is 2.23. The molecule has 0 aromatic heterocycles. The molecular weight excluding hydrogens is 264 g/mol. The maximum absolute atomic E-state index is 11.7. The lowest BCUT2D eigenvalue weighted by atomic mass is 10.1. The van der Waals surface area contributed by atoms with Gasteiger partial charge in [-0.3, -0.25) is 4.79 Å². The van der Waals surface area contributed by atoms with E-state index >= 15 is 0 Å². The second kappa shape index (κ2) is 4.96. The zero-order valence-corrected chi connectivity index (χ0v) is 12.2. The van der Waals surface area contributed by atoms with Crippen molar-refractivity contribution >= 4 is 15.8 Å². The van der Waals surface area contributed by atoms with Crippen LogP contribution in [0.3, 0.4) is 0 Å². The Kier molecular flexibility index (Phi) is 3.67. The minimum Gasteiger partial charge on any atom is -0.466 e. The predicted molar refractivity (Wildman–Crippen MR) is 71.8 cm³/mol. The van der Waals surface area contributed by atoms with E-state index in [0.717, 1.165) is 17.5 Å². The van der Waals surface area contributed by atoms with Crippen molar-refractivity contribution in [2.75, 3.05) is 12.9 Å². The van der Waals surface area contributed by atoms with Gasteiger partial charge in [-0.2, -0.15) is 0 Å². The summed E-state index contributed by atoms with van der Waals surface area (Å²) in [5, 5.41) is 0. The largest absolute Gasteiger partial charge is 0.466 e. The Hall–Kier alpha value is -1.36. The average molecular weight is 282 g/mol. The Morgan fingerprint density at radius 2 is 2.11 bits per heavy atom. The maximum Gasteiger partial charge on any atom is 0.309 e. The van der Waals surface area contributed by atoms with Gasteiger partial charge in [0, 0.05) is 6.26 Å². The fourth-order valence-corrected chi connectivity index (χ4v) is 3.32. The van der Waals surface area contributed by atoms with Crippen LogP contribution in [-0.2, 0) is 19.4 Å². The van der Waals surface area contributed by atoms with Crippen LogP contribution in [0.4, 0.5) is 0 Å². The molecule has 19 heavy (non-hydrogen) atoms. The summed E-state index contributed by atoms with van der Waals surface area (Å²) in [6, 6.07) is 5.38. The molecule has 0 radical (unpaired) electrons. The van der Waals surface area contributed by atoms with Gasteiger partial charge in [0.1, 0.15) is 0 Å². The topological polar surface area (TPSA) is 60.4 Å². The van der Waals surface area contributed by atoms with Crippen molar-refractivity contribution in [3.8, 4) is 0 Å². The average Bonchev–Trinajstić information content (AvgIpc) is 3.08. The van der Waals surface area contributed by atoms with Crippen molar-refractivity contribution in [3.05, 3.63) is 29.3 Å². The number of carbonyl (C=O) groups excluding carboxylic acids is 1. The molecule has 1 saturated carbocycles. The van der Waals surface area contributed by atoms with Crippen LogP contribution in [0.15, 0.2) is 23.1 Å². The van der Waals surface area contributed by atoms with E-state index in [0.29, 0.717) is 11.5 Å². The summed E-state index contributed by atoms with van der Waals surface area (Å²) < 4.78 is 28.3. The van der Waals surface area contributed by atoms with Crippen LogP contribution in [-0.4, -0.2) is 27.2 Å². The molecule has 0 bridgehead atoms. The summed E-state index contributed by atoms with van der Waals surface area (Å²) in [5.41, 5.74) is 1.64. The van der Waals surface area contributed by atoms with Gasteiger partial charge in [-0.25, -0.2) is 8.42 Å². The maximum atomic E-state index is 11.7. The molecule has 0 amide bonds. The van der Waals surface area contributed by atoms with Gasteiger partial charge >= 0.3 is 5.97 Å². The second-order valence-corrected chi connectivity index (χ2v) is 6.98. The van der Waals surface area contributed by atoms with Gasteiger partial charge in [-0.1, -0.05) is 12.1 Å². The third-order valence-electron chi connectivity index (χ3n) is 3.42. The Labute approximate surface area is 113 Å². The highest BCUT2D eigenvalue weighted by Crippen LogP contribution is 2.48. The minimum atomic E-state index is -3.23. The van der Waals surface area contributed by atoms with Crippen LogP contribution < -0.4 is 0 Å². The van der Waals surface area contributed by atoms with Crippen LogP contribution in [0.1, 0.15) is 30.4 Å². The van der Waals surface area contributed by atoms with Crippen LogP contribution in [0.25, 0.3) is 0 Å². The molecule has 0 N–H and O–H groups in total. The van der Waals surface area contributed by atoms with E-state index in [4.69, 9.17) is 4.74 Å². The molecular formula is C14H18O4S. The monoisotopic (exact) mass is 282 g/mol.